The average molecular weight is 1750 g/mol. The summed E-state index contributed by atoms with van der Waals surface area (Å²) in [6.45, 7) is 37.6. The Kier molecular flexibility index (Phi) is 26.0. The first-order valence-electron chi connectivity index (χ1n) is 48.9. The molecule has 0 amide bonds. The smallest absolute Gasteiger partial charge is 0 e. The fourth-order valence-corrected chi connectivity index (χ4v) is 30.9. The summed E-state index contributed by atoms with van der Waals surface area (Å²) in [5.74, 6) is 14.3. The number of aryl methyl sites for hydroxylation is 1. The molecule has 13 nitrogen and oxygen atoms in total. The van der Waals surface area contributed by atoms with Crippen LogP contribution in [0, 0.1) is 152 Å². The van der Waals surface area contributed by atoms with Gasteiger partial charge in [-0.1, -0.05) is 182 Å². The number of rotatable bonds is 6. The molecular weight excluding hydrogens is 1600 g/mol. The molecular formula is C116H150O13. The maximum Gasteiger partial charge on any atom is 0 e. The van der Waals surface area contributed by atoms with Crippen molar-refractivity contribution in [3.63, 3.8) is 0 Å². The van der Waals surface area contributed by atoms with Gasteiger partial charge in [-0.15, -0.1) is 32.4 Å². The van der Waals surface area contributed by atoms with Gasteiger partial charge in [0.05, 0.1) is 68.9 Å². The van der Waals surface area contributed by atoms with Crippen LogP contribution >= 0.6 is 0 Å². The van der Waals surface area contributed by atoms with Crippen molar-refractivity contribution in [3.05, 3.63) is 232 Å². The van der Waals surface area contributed by atoms with Crippen molar-refractivity contribution < 1.29 is 63.9 Å². The Hall–Kier alpha value is -8.39. The summed E-state index contributed by atoms with van der Waals surface area (Å²) in [5.41, 5.74) is 12.6. The Balaban J connectivity index is 0.000000127. The molecule has 13 heteroatoms. The van der Waals surface area contributed by atoms with Crippen LogP contribution in [-0.2, 0) is 42.7 Å². The Labute approximate surface area is 773 Å². The van der Waals surface area contributed by atoms with E-state index in [-0.39, 0.29) is 72.9 Å². The number of methoxy groups -OCH3 is 4. The molecule has 24 atom stereocenters. The number of ketones is 2. The van der Waals surface area contributed by atoms with Gasteiger partial charge in [-0.25, -0.2) is 0 Å². The van der Waals surface area contributed by atoms with Crippen LogP contribution in [0.4, 0.5) is 0 Å². The first-order valence-corrected chi connectivity index (χ1v) is 48.9. The number of hydrogen-bond acceptors (Lipinski definition) is 12. The second-order valence-corrected chi connectivity index (χ2v) is 44.4. The topological polar surface area (TPSA) is 191 Å². The van der Waals surface area contributed by atoms with E-state index in [2.05, 4.69) is 199 Å². The quantitative estimate of drug-likeness (QED) is 0.0804. The van der Waals surface area contributed by atoms with E-state index < -0.39 is 16.8 Å². The maximum atomic E-state index is 12.4. The molecule has 10 unspecified atom stereocenters. The first kappa shape index (κ1) is 95.2. The van der Waals surface area contributed by atoms with Crippen LogP contribution < -0.4 is 0 Å². The van der Waals surface area contributed by atoms with Crippen molar-refractivity contribution in [1.82, 2.24) is 0 Å². The summed E-state index contributed by atoms with van der Waals surface area (Å²) in [4.78, 5) is 36.1. The monoisotopic (exact) mass is 1750 g/mol. The van der Waals surface area contributed by atoms with E-state index in [9.17, 15) is 29.7 Å². The summed E-state index contributed by atoms with van der Waals surface area (Å²) in [6, 6.07) is 3.79. The minimum Gasteiger partial charge on any atom is 0 e. The van der Waals surface area contributed by atoms with Gasteiger partial charge in [-0.3, -0.25) is 14.4 Å². The summed E-state index contributed by atoms with van der Waals surface area (Å²) in [7, 11) is 7.10. The van der Waals surface area contributed by atoms with Gasteiger partial charge < -0.3 is 43.4 Å². The van der Waals surface area contributed by atoms with Gasteiger partial charge in [-0.05, 0) is 285 Å². The van der Waals surface area contributed by atoms with E-state index in [1.54, 1.807) is 57.0 Å². The summed E-state index contributed by atoms with van der Waals surface area (Å²) < 4.78 is 40.3. The molecule has 6 fully saturated rings. The molecule has 0 radical (unpaired) electrons. The van der Waals surface area contributed by atoms with Gasteiger partial charge in [0.2, 0.25) is 0 Å². The number of allylic oxidation sites excluding steroid dienone is 30. The Morgan fingerprint density at radius 1 is 0.457 bits per heavy atom. The molecule has 21 aliphatic rings. The van der Waals surface area contributed by atoms with E-state index in [0.717, 1.165) is 215 Å². The van der Waals surface area contributed by atoms with E-state index in [4.69, 9.17) is 39.2 Å². The first-order chi connectivity index (χ1) is 61.4. The predicted molar refractivity (Wildman–Crippen MR) is 512 cm³/mol. The number of ether oxygens (including phenoxy) is 5. The van der Waals surface area contributed by atoms with Crippen LogP contribution in [-0.4, -0.2) is 83.7 Å². The van der Waals surface area contributed by atoms with Gasteiger partial charge >= 0.3 is 17.3 Å². The fraction of sp³-hybridized carbons (Fsp3) is 0.603. The predicted octanol–water partition coefficient (Wildman–Crippen LogP) is 25.1. The van der Waals surface area contributed by atoms with Crippen molar-refractivity contribution >= 4 is 17.5 Å². The van der Waals surface area contributed by atoms with E-state index in [1.165, 1.54) is 33.4 Å². The molecule has 0 aromatic carbocycles. The summed E-state index contributed by atoms with van der Waals surface area (Å²) >= 11 is 0. The average Bonchev–Trinajstić information content (AvgIpc) is 1.51. The van der Waals surface area contributed by atoms with Crippen molar-refractivity contribution in [2.24, 2.45) is 113 Å². The number of esters is 1. The van der Waals surface area contributed by atoms with E-state index >= 15 is 0 Å². The van der Waals surface area contributed by atoms with Crippen molar-refractivity contribution in [2.75, 3.05) is 28.4 Å². The molecule has 129 heavy (non-hydrogen) atoms. The van der Waals surface area contributed by atoms with Crippen molar-refractivity contribution in [3.8, 4) is 25.2 Å². The van der Waals surface area contributed by atoms with Crippen molar-refractivity contribution in [2.45, 2.75) is 298 Å². The number of furan rings is 1. The SMILES string of the molecule is C#C.C#C[C@]1(O)CCC2C3CC=C4C=C(OC)CC[C@]4(C)C3=CC[C@@]21C.C=C[C@]1(O)CCC2C3CC=C4C=C(OC)CC[C@]4(C)C3=CC[C@@]21C.C=C[C@]1(O)CCC2C3CC=C4C=C(OC)CC[C@]4(C)C3=CC[C@@]21C.COC1=CC2=CCC3C(=CC[C@]4(C)C(=O)CCC34)[C@@]2(C)CC1.C[C@]12CCC(=O)C=C1C=CC1C2=CC[C@@]2(C)C1CC[C@@]21CCC(=O)O1.Cc1ccco1.[C-]#[O+].[HH]. The third-order valence-corrected chi connectivity index (χ3v) is 39.6. The Morgan fingerprint density at radius 2 is 0.845 bits per heavy atom. The molecule has 2 heterocycles. The Morgan fingerprint density at radius 3 is 1.24 bits per heavy atom. The molecule has 22 rings (SSSR count). The molecule has 1 spiro atoms. The molecule has 692 valence electrons. The number of terminal acetylenes is 2. The second-order valence-electron chi connectivity index (χ2n) is 44.4. The maximum absolute atomic E-state index is 12.4. The molecule has 0 bridgehead atoms. The second kappa shape index (κ2) is 35.2. The molecule has 1 aromatic heterocycles. The van der Waals surface area contributed by atoms with E-state index in [0.29, 0.717) is 77.8 Å². The van der Waals surface area contributed by atoms with Crippen LogP contribution in [0.2, 0.25) is 0 Å². The Bertz CT molecular complexity index is 5110. The standard InChI is InChI=1S/C22H26O3.2C22H30O2.C22H28O2.C20H26O2.C5H6O.C2H2.CO.H2/c1-20-9-5-15(23)13-14(20)3-4-16-17(20)6-10-21(2)18(16)7-11-22(21)12-8-19(24)25-22;3*1-5-22(23)13-10-19-17-7-6-15-14-16(24-4)8-11-20(15,2)18(17)9-12-21(19,22)3;1-19-10-8-14(22-3)12-13(19)4-5-15-16-6-7-18(21)20(16,2)11-9-17(15)19;1-5-3-2-4-6-5;2*1-2;/h3-4,6,13,16,18H,5,7-12H2,1-2H3;2*5-6,9,14,17,19,23H,1,7-8,10-13H2,2-4H3;1,6,9,14,17,19,23H,7-8,10-13H2,2-4H3;4,9,12,15-16H,5-8,10-11H2,1-3H3;2-4H,1H3;1-2H;;1H/t16?,18?,20-,21-,22+;3*17?,19?,20-,21-,22-;15?,16?,19-,20-;;;;/m00000..../s1. The van der Waals surface area contributed by atoms with Gasteiger partial charge in [0, 0.05) is 106 Å². The molecule has 3 N–H and O–H groups in total. The third-order valence-electron chi connectivity index (χ3n) is 39.6. The number of Topliss-reactive ketones (excluding diaryl/α,β-unsaturated/α-hetero) is 1. The molecule has 1 saturated heterocycles. The molecule has 1 aromatic rings. The van der Waals surface area contributed by atoms with E-state index in [1.807, 2.05) is 37.3 Å². The molecule has 20 aliphatic carbocycles. The zero-order valence-corrected chi connectivity index (χ0v) is 80.4. The minimum absolute atomic E-state index is 0. The number of carbonyl (C=O) groups excluding carboxylic acids is 3. The zero-order chi connectivity index (χ0) is 92.9. The van der Waals surface area contributed by atoms with Crippen LogP contribution in [0.3, 0.4) is 0 Å². The minimum atomic E-state index is -0.944. The largest absolute Gasteiger partial charge is 0 e. The van der Waals surface area contributed by atoms with Gasteiger partial charge in [0.25, 0.3) is 0 Å². The van der Waals surface area contributed by atoms with Gasteiger partial charge in [-0.2, -0.15) is 0 Å². The fourth-order valence-electron chi connectivity index (χ4n) is 30.9. The van der Waals surface area contributed by atoms with Crippen LogP contribution in [0.15, 0.2) is 224 Å². The number of carbonyl (C=O) groups is 3. The molecule has 1 aliphatic heterocycles. The summed E-state index contributed by atoms with van der Waals surface area (Å²) in [6.07, 6.45) is 86.9. The van der Waals surface area contributed by atoms with Crippen LogP contribution in [0.25, 0.3) is 0 Å². The number of hydrogen-bond donors (Lipinski definition) is 3. The number of fused-ring (bicyclic) bond motifs is 26. The van der Waals surface area contributed by atoms with Gasteiger partial charge in [0.15, 0.2) is 5.78 Å². The van der Waals surface area contributed by atoms with Crippen LogP contribution in [0.1, 0.15) is 275 Å². The number of aliphatic hydroxyl groups is 3. The third kappa shape index (κ3) is 15.0. The van der Waals surface area contributed by atoms with Crippen molar-refractivity contribution in [1.29, 1.82) is 0 Å². The molecule has 5 saturated carbocycles. The normalized spacial score (nSPS) is 43.2. The zero-order valence-electron chi connectivity index (χ0n) is 80.4. The van der Waals surface area contributed by atoms with Gasteiger partial charge in [0.1, 0.15) is 22.7 Å². The van der Waals surface area contributed by atoms with Crippen LogP contribution in [0.5, 0.6) is 0 Å². The summed E-state index contributed by atoms with van der Waals surface area (Å²) in [5, 5.41) is 33.2.